The molecule has 0 aliphatic carbocycles. The zero-order chi connectivity index (χ0) is 24.2. The maximum absolute atomic E-state index is 6.35. The van der Waals surface area contributed by atoms with Gasteiger partial charge in [-0.2, -0.15) is 5.10 Å². The molecule has 0 saturated carbocycles. The second-order valence-electron chi connectivity index (χ2n) is 8.22. The number of benzene rings is 3. The zero-order valence-corrected chi connectivity index (χ0v) is 21.1. The Labute approximate surface area is 219 Å². The fraction of sp³-hybridized carbons (Fsp3) is 0.185. The number of aromatic nitrogens is 2. The quantitative estimate of drug-likeness (QED) is 0.232. The van der Waals surface area contributed by atoms with E-state index in [0.717, 1.165) is 54.4 Å². The van der Waals surface area contributed by atoms with Crippen molar-refractivity contribution < 1.29 is 4.74 Å². The summed E-state index contributed by atoms with van der Waals surface area (Å²) < 4.78 is 8.07. The van der Waals surface area contributed by atoms with Crippen LogP contribution < -0.4 is 9.64 Å². The molecule has 8 heteroatoms. The van der Waals surface area contributed by atoms with Gasteiger partial charge >= 0.3 is 0 Å². The van der Waals surface area contributed by atoms with E-state index in [0.29, 0.717) is 20.8 Å². The number of hydrogen-bond donors (Lipinski definition) is 0. The summed E-state index contributed by atoms with van der Waals surface area (Å²) in [6.45, 7) is 2.15. The van der Waals surface area contributed by atoms with Crippen molar-refractivity contribution in [1.29, 1.82) is 0 Å². The van der Waals surface area contributed by atoms with E-state index in [1.165, 1.54) is 0 Å². The summed E-state index contributed by atoms with van der Waals surface area (Å²) in [6, 6.07) is 22.7. The molecule has 2 heterocycles. The fourth-order valence-electron chi connectivity index (χ4n) is 4.09. The maximum Gasteiger partial charge on any atom is 0.141 e. The van der Waals surface area contributed by atoms with Crippen LogP contribution in [0.15, 0.2) is 77.8 Å². The van der Waals surface area contributed by atoms with Crippen molar-refractivity contribution in [3.05, 3.63) is 99.1 Å². The van der Waals surface area contributed by atoms with Crippen LogP contribution in [0.1, 0.15) is 24.1 Å². The second-order valence-corrected chi connectivity index (χ2v) is 9.50. The van der Waals surface area contributed by atoms with Crippen LogP contribution in [0.4, 0.5) is 11.5 Å². The number of hydrogen-bond acceptors (Lipinski definition) is 4. The van der Waals surface area contributed by atoms with Crippen molar-refractivity contribution in [3.8, 4) is 11.4 Å². The number of para-hydroxylation sites is 1. The standard InChI is InChI=1S/C27H23Cl3N4O/c28-19-8-11-21(12-9-19)31-17-23-25(18-35-26-13-10-20(29)16-24(26)30)32-34(22-6-2-1-3-7-22)27(23)33-14-4-5-15-33/h1-3,6-13,16-17H,4-5,14-15,18H2. The lowest BCUT2D eigenvalue weighted by atomic mass is 10.2. The minimum atomic E-state index is 0.226. The molecule has 1 aromatic heterocycles. The summed E-state index contributed by atoms with van der Waals surface area (Å²) in [4.78, 5) is 7.10. The van der Waals surface area contributed by atoms with Gasteiger partial charge in [-0.3, -0.25) is 4.99 Å². The van der Waals surface area contributed by atoms with E-state index in [1.54, 1.807) is 18.2 Å². The number of halogens is 3. The van der Waals surface area contributed by atoms with E-state index >= 15 is 0 Å². The van der Waals surface area contributed by atoms with E-state index in [-0.39, 0.29) is 6.61 Å². The first-order valence-corrected chi connectivity index (χ1v) is 12.5. The molecule has 5 rings (SSSR count). The van der Waals surface area contributed by atoms with Crippen LogP contribution in [0.3, 0.4) is 0 Å². The number of rotatable bonds is 7. The first-order valence-electron chi connectivity index (χ1n) is 11.4. The SMILES string of the molecule is Clc1ccc(N=Cc2c(COc3ccc(Cl)cc3Cl)nn(-c3ccccc3)c2N2CCCC2)cc1. The average Bonchev–Trinajstić information content (AvgIpc) is 3.52. The van der Waals surface area contributed by atoms with Crippen LogP contribution in [-0.4, -0.2) is 29.1 Å². The van der Waals surface area contributed by atoms with E-state index < -0.39 is 0 Å². The molecule has 35 heavy (non-hydrogen) atoms. The molecular weight excluding hydrogens is 503 g/mol. The van der Waals surface area contributed by atoms with E-state index in [1.807, 2.05) is 65.5 Å². The van der Waals surface area contributed by atoms with Crippen molar-refractivity contribution in [2.45, 2.75) is 19.4 Å². The Bertz CT molecular complexity index is 1330. The van der Waals surface area contributed by atoms with Crippen molar-refractivity contribution in [2.24, 2.45) is 4.99 Å². The van der Waals surface area contributed by atoms with Gasteiger partial charge in [0.1, 0.15) is 23.9 Å². The molecule has 0 radical (unpaired) electrons. The van der Waals surface area contributed by atoms with Gasteiger partial charge in [0.2, 0.25) is 0 Å². The summed E-state index contributed by atoms with van der Waals surface area (Å²) in [6.07, 6.45) is 4.14. The van der Waals surface area contributed by atoms with Gasteiger partial charge in [0.15, 0.2) is 0 Å². The number of nitrogens with zero attached hydrogens (tertiary/aromatic N) is 4. The van der Waals surface area contributed by atoms with Crippen molar-refractivity contribution >= 4 is 52.5 Å². The lowest BCUT2D eigenvalue weighted by molar-refractivity contribution is 0.300. The minimum Gasteiger partial charge on any atom is -0.486 e. The van der Waals surface area contributed by atoms with Crippen LogP contribution in [0.25, 0.3) is 5.69 Å². The summed E-state index contributed by atoms with van der Waals surface area (Å²) in [5, 5.41) is 6.67. The number of anilines is 1. The second kappa shape index (κ2) is 10.7. The largest absolute Gasteiger partial charge is 0.486 e. The first kappa shape index (κ1) is 23.7. The predicted molar refractivity (Wildman–Crippen MR) is 145 cm³/mol. The highest BCUT2D eigenvalue weighted by Gasteiger charge is 2.25. The topological polar surface area (TPSA) is 42.7 Å². The molecule has 0 spiro atoms. The Morgan fingerprint density at radius 2 is 1.60 bits per heavy atom. The summed E-state index contributed by atoms with van der Waals surface area (Å²) >= 11 is 18.4. The molecule has 0 atom stereocenters. The Morgan fingerprint density at radius 1 is 0.886 bits per heavy atom. The number of aliphatic imine (C=N–C) groups is 1. The van der Waals surface area contributed by atoms with Gasteiger partial charge in [0, 0.05) is 29.3 Å². The summed E-state index contributed by atoms with van der Waals surface area (Å²) in [7, 11) is 0. The average molecular weight is 526 g/mol. The lowest BCUT2D eigenvalue weighted by Crippen LogP contribution is -2.22. The molecule has 1 fully saturated rings. The summed E-state index contributed by atoms with van der Waals surface area (Å²) in [5.41, 5.74) is 3.46. The fourth-order valence-corrected chi connectivity index (χ4v) is 4.68. The third-order valence-electron chi connectivity index (χ3n) is 5.81. The van der Waals surface area contributed by atoms with Gasteiger partial charge < -0.3 is 9.64 Å². The van der Waals surface area contributed by atoms with Crippen molar-refractivity contribution in [3.63, 3.8) is 0 Å². The van der Waals surface area contributed by atoms with E-state index in [4.69, 9.17) is 49.6 Å². The van der Waals surface area contributed by atoms with Crippen LogP contribution in [0.2, 0.25) is 15.1 Å². The molecule has 1 saturated heterocycles. The third kappa shape index (κ3) is 5.48. The lowest BCUT2D eigenvalue weighted by Gasteiger charge is -2.20. The smallest absolute Gasteiger partial charge is 0.141 e. The molecule has 3 aromatic carbocycles. The van der Waals surface area contributed by atoms with E-state index in [2.05, 4.69) is 4.90 Å². The van der Waals surface area contributed by atoms with Gasteiger partial charge in [0.25, 0.3) is 0 Å². The molecular formula is C27H23Cl3N4O. The highest BCUT2D eigenvalue weighted by molar-refractivity contribution is 6.35. The minimum absolute atomic E-state index is 0.226. The van der Waals surface area contributed by atoms with Crippen molar-refractivity contribution in [1.82, 2.24) is 9.78 Å². The van der Waals surface area contributed by atoms with Crippen LogP contribution >= 0.6 is 34.8 Å². The third-order valence-corrected chi connectivity index (χ3v) is 6.59. The monoisotopic (exact) mass is 524 g/mol. The molecule has 0 bridgehead atoms. The zero-order valence-electron chi connectivity index (χ0n) is 18.9. The summed E-state index contributed by atoms with van der Waals surface area (Å²) in [5.74, 6) is 1.56. The van der Waals surface area contributed by atoms with Gasteiger partial charge in [-0.15, -0.1) is 0 Å². The highest BCUT2D eigenvalue weighted by atomic mass is 35.5. The normalized spacial score (nSPS) is 13.6. The first-order chi connectivity index (χ1) is 17.1. The molecule has 1 aliphatic rings. The molecule has 5 nitrogen and oxygen atoms in total. The van der Waals surface area contributed by atoms with Gasteiger partial charge in [0.05, 0.1) is 22.0 Å². The van der Waals surface area contributed by atoms with Gasteiger partial charge in [-0.1, -0.05) is 53.0 Å². The highest BCUT2D eigenvalue weighted by Crippen LogP contribution is 2.32. The molecule has 4 aromatic rings. The van der Waals surface area contributed by atoms with Gasteiger partial charge in [-0.05, 0) is 67.4 Å². The molecule has 1 aliphatic heterocycles. The van der Waals surface area contributed by atoms with Gasteiger partial charge in [-0.25, -0.2) is 4.68 Å². The van der Waals surface area contributed by atoms with Crippen molar-refractivity contribution in [2.75, 3.05) is 18.0 Å². The molecule has 178 valence electrons. The van der Waals surface area contributed by atoms with Crippen LogP contribution in [0.5, 0.6) is 5.75 Å². The van der Waals surface area contributed by atoms with Crippen LogP contribution in [0, 0.1) is 0 Å². The maximum atomic E-state index is 6.35. The molecule has 0 amide bonds. The number of ether oxygens (including phenoxy) is 1. The Morgan fingerprint density at radius 3 is 2.31 bits per heavy atom. The molecule has 0 N–H and O–H groups in total. The van der Waals surface area contributed by atoms with Crippen LogP contribution in [-0.2, 0) is 6.61 Å². The van der Waals surface area contributed by atoms with E-state index in [9.17, 15) is 0 Å². The predicted octanol–water partition coefficient (Wildman–Crippen LogP) is 7.76. The molecule has 0 unspecified atom stereocenters. The Hall–Kier alpha value is -2.99. The Balaban J connectivity index is 1.58. The Kier molecular flexibility index (Phi) is 7.28.